The largest absolute Gasteiger partial charge is 0.463 e. The number of amides is 1. The normalized spacial score (nSPS) is 15.9. The van der Waals surface area contributed by atoms with Crippen LogP contribution in [0.5, 0.6) is 0 Å². The van der Waals surface area contributed by atoms with E-state index in [0.29, 0.717) is 11.5 Å². The van der Waals surface area contributed by atoms with Gasteiger partial charge in [-0.2, -0.15) is 0 Å². The molecule has 0 bridgehead atoms. The van der Waals surface area contributed by atoms with Crippen LogP contribution in [-0.2, 0) is 13.0 Å². The highest BCUT2D eigenvalue weighted by Gasteiger charge is 2.21. The van der Waals surface area contributed by atoms with Crippen molar-refractivity contribution < 1.29 is 9.21 Å². The van der Waals surface area contributed by atoms with Gasteiger partial charge in [-0.25, -0.2) is 4.98 Å². The summed E-state index contributed by atoms with van der Waals surface area (Å²) in [5, 5.41) is 7.32. The van der Waals surface area contributed by atoms with Crippen LogP contribution < -0.4 is 5.32 Å². The lowest BCUT2D eigenvalue weighted by Gasteiger charge is -2.31. The average Bonchev–Trinajstić information content (AvgIpc) is 3.32. The summed E-state index contributed by atoms with van der Waals surface area (Å²) in [6.45, 7) is 7.95. The van der Waals surface area contributed by atoms with Crippen molar-refractivity contribution in [2.75, 3.05) is 19.6 Å². The van der Waals surface area contributed by atoms with Crippen molar-refractivity contribution in [1.29, 1.82) is 0 Å². The molecule has 148 valence electrons. The van der Waals surface area contributed by atoms with Gasteiger partial charge < -0.3 is 9.73 Å². The molecule has 6 heteroatoms. The van der Waals surface area contributed by atoms with Crippen molar-refractivity contribution >= 4 is 28.2 Å². The number of aromatic nitrogens is 1. The summed E-state index contributed by atoms with van der Waals surface area (Å²) >= 11 is 1.71. The van der Waals surface area contributed by atoms with Crippen LogP contribution >= 0.6 is 11.3 Å². The Hall–Kier alpha value is -2.18. The molecule has 1 aromatic carbocycles. The van der Waals surface area contributed by atoms with Crippen molar-refractivity contribution in [1.82, 2.24) is 15.2 Å². The van der Waals surface area contributed by atoms with Crippen LogP contribution in [0.25, 0.3) is 11.0 Å². The van der Waals surface area contributed by atoms with E-state index in [9.17, 15) is 4.79 Å². The third-order valence-electron chi connectivity index (χ3n) is 5.60. The lowest BCUT2D eigenvalue weighted by molar-refractivity contribution is 0.0936. The molecule has 1 amide bonds. The van der Waals surface area contributed by atoms with Crippen LogP contribution in [0, 0.1) is 12.8 Å². The minimum absolute atomic E-state index is 0.0348. The van der Waals surface area contributed by atoms with Crippen molar-refractivity contribution in [3.8, 4) is 0 Å². The zero-order valence-corrected chi connectivity index (χ0v) is 17.3. The first-order valence-electron chi connectivity index (χ1n) is 10.0. The first-order chi connectivity index (χ1) is 13.6. The number of piperidine rings is 1. The fraction of sp³-hybridized carbons (Fsp3) is 0.455. The van der Waals surface area contributed by atoms with Gasteiger partial charge in [0.05, 0.1) is 16.3 Å². The highest BCUT2D eigenvalue weighted by atomic mass is 32.1. The van der Waals surface area contributed by atoms with Gasteiger partial charge in [0.25, 0.3) is 5.91 Å². The minimum atomic E-state index is -0.0348. The van der Waals surface area contributed by atoms with E-state index in [1.165, 1.54) is 11.3 Å². The predicted molar refractivity (Wildman–Crippen MR) is 113 cm³/mol. The Kier molecular flexibility index (Phi) is 5.78. The molecule has 0 unspecified atom stereocenters. The topological polar surface area (TPSA) is 58.4 Å². The van der Waals surface area contributed by atoms with Gasteiger partial charge in [0, 0.05) is 23.9 Å². The molecule has 3 heterocycles. The molecule has 1 aliphatic heterocycles. The number of carbonyl (C=O) groups is 1. The lowest BCUT2D eigenvalue weighted by atomic mass is 9.96. The van der Waals surface area contributed by atoms with E-state index >= 15 is 0 Å². The number of nitrogens with one attached hydrogen (secondary N) is 1. The number of likely N-dealkylation sites (tertiary alicyclic amines) is 1. The predicted octanol–water partition coefficient (Wildman–Crippen LogP) is 4.40. The molecule has 0 spiro atoms. The number of benzene rings is 1. The number of hydrogen-bond donors (Lipinski definition) is 1. The molecule has 1 N–H and O–H groups in total. The van der Waals surface area contributed by atoms with Crippen LogP contribution in [0.4, 0.5) is 0 Å². The van der Waals surface area contributed by atoms with Crippen LogP contribution in [0.2, 0.25) is 0 Å². The molecule has 0 saturated carbocycles. The Balaban J connectivity index is 1.29. The Bertz CT molecular complexity index is 954. The number of aryl methyl sites for hydroxylation is 2. The maximum absolute atomic E-state index is 12.7. The zero-order valence-electron chi connectivity index (χ0n) is 16.5. The highest BCUT2D eigenvalue weighted by molar-refractivity contribution is 7.09. The quantitative estimate of drug-likeness (QED) is 0.670. The van der Waals surface area contributed by atoms with Crippen molar-refractivity contribution in [3.05, 3.63) is 51.7 Å². The lowest BCUT2D eigenvalue weighted by Crippen LogP contribution is -2.38. The van der Waals surface area contributed by atoms with Gasteiger partial charge in [-0.1, -0.05) is 13.0 Å². The molecule has 5 nitrogen and oxygen atoms in total. The van der Waals surface area contributed by atoms with E-state index in [0.717, 1.165) is 61.4 Å². The molecule has 3 aromatic rings. The van der Waals surface area contributed by atoms with Crippen LogP contribution in [-0.4, -0.2) is 35.4 Å². The first kappa shape index (κ1) is 19.2. The zero-order chi connectivity index (χ0) is 19.5. The summed E-state index contributed by atoms with van der Waals surface area (Å²) < 4.78 is 5.56. The van der Waals surface area contributed by atoms with Crippen LogP contribution in [0.3, 0.4) is 0 Å². The summed E-state index contributed by atoms with van der Waals surface area (Å²) in [5.74, 6) is 0.495. The molecular weight excluding hydrogens is 370 g/mol. The molecule has 2 aromatic heterocycles. The number of rotatable bonds is 6. The van der Waals surface area contributed by atoms with E-state index in [2.05, 4.69) is 40.5 Å². The molecule has 0 aliphatic carbocycles. The molecule has 0 atom stereocenters. The van der Waals surface area contributed by atoms with Gasteiger partial charge in [-0.3, -0.25) is 9.69 Å². The van der Waals surface area contributed by atoms with Gasteiger partial charge in [-0.15, -0.1) is 11.3 Å². The van der Waals surface area contributed by atoms with Gasteiger partial charge in [0.2, 0.25) is 0 Å². The van der Waals surface area contributed by atoms with E-state index in [1.807, 2.05) is 12.1 Å². The smallest absolute Gasteiger partial charge is 0.255 e. The fourth-order valence-corrected chi connectivity index (χ4v) is 4.47. The van der Waals surface area contributed by atoms with Gasteiger partial charge in [0.15, 0.2) is 0 Å². The van der Waals surface area contributed by atoms with E-state index in [4.69, 9.17) is 4.42 Å². The molecular formula is C22H27N3O2S. The van der Waals surface area contributed by atoms with Crippen molar-refractivity contribution in [2.24, 2.45) is 5.92 Å². The second-order valence-electron chi connectivity index (χ2n) is 7.62. The number of furan rings is 1. The Labute approximate surface area is 169 Å². The fourth-order valence-electron chi connectivity index (χ4n) is 3.86. The molecule has 1 saturated heterocycles. The summed E-state index contributed by atoms with van der Waals surface area (Å²) in [6.07, 6.45) is 4.74. The highest BCUT2D eigenvalue weighted by Crippen LogP contribution is 2.24. The van der Waals surface area contributed by atoms with Crippen molar-refractivity contribution in [2.45, 2.75) is 39.7 Å². The maximum Gasteiger partial charge on any atom is 0.255 e. The molecule has 4 rings (SSSR count). The van der Waals surface area contributed by atoms with Gasteiger partial charge in [0.1, 0.15) is 11.8 Å². The minimum Gasteiger partial charge on any atom is -0.463 e. The van der Waals surface area contributed by atoms with E-state index in [1.54, 1.807) is 17.6 Å². The van der Waals surface area contributed by atoms with E-state index in [-0.39, 0.29) is 5.91 Å². The Morgan fingerprint density at radius 2 is 2.18 bits per heavy atom. The average molecular weight is 398 g/mol. The molecule has 28 heavy (non-hydrogen) atoms. The number of carbonyl (C=O) groups excluding carboxylic acids is 1. The molecule has 1 aliphatic rings. The first-order valence-corrected chi connectivity index (χ1v) is 10.9. The monoisotopic (exact) mass is 397 g/mol. The maximum atomic E-state index is 12.7. The third-order valence-corrected chi connectivity index (χ3v) is 6.42. The summed E-state index contributed by atoms with van der Waals surface area (Å²) in [4.78, 5) is 19.7. The third kappa shape index (κ3) is 4.28. The standard InChI is InChI=1S/C22H27N3O2S/c1-3-16-4-5-21-19(10-16)20(13-27-21)22(26)23-11-17-6-8-25(9-7-17)12-18-14-28-15(2)24-18/h4-5,10,13-14,17H,3,6-9,11-12H2,1-2H3,(H,23,26). The Morgan fingerprint density at radius 3 is 2.89 bits per heavy atom. The number of hydrogen-bond acceptors (Lipinski definition) is 5. The number of nitrogens with zero attached hydrogens (tertiary/aromatic N) is 2. The molecule has 1 fully saturated rings. The second kappa shape index (κ2) is 8.45. The van der Waals surface area contributed by atoms with Gasteiger partial charge in [-0.05, 0) is 62.9 Å². The van der Waals surface area contributed by atoms with Gasteiger partial charge >= 0.3 is 0 Å². The SMILES string of the molecule is CCc1ccc2occ(C(=O)NCC3CCN(Cc4csc(C)n4)CC3)c2c1. The summed E-state index contributed by atoms with van der Waals surface area (Å²) in [7, 11) is 0. The van der Waals surface area contributed by atoms with Crippen LogP contribution in [0.1, 0.15) is 46.4 Å². The molecule has 0 radical (unpaired) electrons. The summed E-state index contributed by atoms with van der Waals surface area (Å²) in [5.41, 5.74) is 3.80. The van der Waals surface area contributed by atoms with Crippen molar-refractivity contribution in [3.63, 3.8) is 0 Å². The van der Waals surface area contributed by atoms with E-state index < -0.39 is 0 Å². The van der Waals surface area contributed by atoms with Crippen LogP contribution in [0.15, 0.2) is 34.3 Å². The second-order valence-corrected chi connectivity index (χ2v) is 8.68. The number of thiazole rings is 1. The summed E-state index contributed by atoms with van der Waals surface area (Å²) in [6, 6.07) is 6.06. The number of fused-ring (bicyclic) bond motifs is 1. The Morgan fingerprint density at radius 1 is 1.36 bits per heavy atom.